The number of halogens is 3. The normalized spacial score (nSPS) is 13.0. The fourth-order valence-corrected chi connectivity index (χ4v) is 1.14. The molecular weight excluding hydrogens is 166 g/mol. The topological polar surface area (TPSA) is 3.24 Å². The molecule has 0 bridgehead atoms. The first-order chi connectivity index (χ1) is 5.35. The Morgan fingerprint density at radius 3 is 2.00 bits per heavy atom. The van der Waals surface area contributed by atoms with Gasteiger partial charge in [0.05, 0.1) is 0 Å². The fraction of sp³-hybridized carbons (Fsp3) is 1.00. The summed E-state index contributed by atoms with van der Waals surface area (Å²) in [6, 6.07) is 0. The molecular formula is C7H16BF3N-. The molecule has 0 aliphatic rings. The fourth-order valence-electron chi connectivity index (χ4n) is 1.14. The van der Waals surface area contributed by atoms with E-state index in [2.05, 4.69) is 0 Å². The Morgan fingerprint density at radius 2 is 1.75 bits per heavy atom. The zero-order valence-electron chi connectivity index (χ0n) is 7.86. The Morgan fingerprint density at radius 1 is 1.25 bits per heavy atom. The van der Waals surface area contributed by atoms with Crippen LogP contribution in [0, 0.1) is 5.92 Å². The maximum Gasteiger partial charge on any atom is 0.492 e. The van der Waals surface area contributed by atoms with E-state index >= 15 is 0 Å². The molecule has 0 aromatic carbocycles. The third kappa shape index (κ3) is 6.52. The highest BCUT2D eigenvalue weighted by Gasteiger charge is 2.25. The number of nitrogens with zero attached hydrogens (tertiary/aromatic N) is 1. The van der Waals surface area contributed by atoms with E-state index in [-0.39, 0.29) is 0 Å². The monoisotopic (exact) mass is 182 g/mol. The lowest BCUT2D eigenvalue weighted by Crippen LogP contribution is -2.39. The van der Waals surface area contributed by atoms with E-state index in [1.54, 1.807) is 6.92 Å². The van der Waals surface area contributed by atoms with Gasteiger partial charge in [-0.15, -0.1) is 0 Å². The molecule has 0 rings (SSSR count). The van der Waals surface area contributed by atoms with Gasteiger partial charge in [0.25, 0.3) is 0 Å². The second-order valence-corrected chi connectivity index (χ2v) is 3.46. The second kappa shape index (κ2) is 4.75. The summed E-state index contributed by atoms with van der Waals surface area (Å²) in [6.07, 6.45) is -0.728. The zero-order chi connectivity index (χ0) is 9.78. The highest BCUT2D eigenvalue weighted by atomic mass is 19.4. The molecule has 74 valence electrons. The Balaban J connectivity index is 3.83. The molecule has 5 heteroatoms. The average Bonchev–Trinajstić information content (AvgIpc) is 1.82. The molecule has 0 saturated carbocycles. The first kappa shape index (κ1) is 11.8. The molecule has 0 saturated heterocycles. The van der Waals surface area contributed by atoms with Crippen molar-refractivity contribution in [2.75, 3.05) is 19.5 Å². The molecule has 12 heavy (non-hydrogen) atoms. The molecule has 0 heterocycles. The molecule has 0 atom stereocenters. The Hall–Kier alpha value is -0.185. The lowest BCUT2D eigenvalue weighted by atomic mass is 9.91. The van der Waals surface area contributed by atoms with E-state index in [1.165, 1.54) is 4.90 Å². The summed E-state index contributed by atoms with van der Waals surface area (Å²) in [5.74, 6) is 0.295. The van der Waals surface area contributed by atoms with E-state index in [0.29, 0.717) is 19.0 Å². The van der Waals surface area contributed by atoms with Crippen molar-refractivity contribution >= 4 is 6.98 Å². The van der Waals surface area contributed by atoms with Gasteiger partial charge < -0.3 is 17.8 Å². The molecule has 0 radical (unpaired) electrons. The predicted octanol–water partition coefficient (Wildman–Crippen LogP) is 2.35. The van der Waals surface area contributed by atoms with E-state index in [1.807, 2.05) is 13.8 Å². The Labute approximate surface area is 72.0 Å². The minimum absolute atomic E-state index is 0.295. The van der Waals surface area contributed by atoms with Crippen LogP contribution in [-0.4, -0.2) is 31.4 Å². The van der Waals surface area contributed by atoms with Gasteiger partial charge in [-0.05, 0) is 25.5 Å². The van der Waals surface area contributed by atoms with Gasteiger partial charge in [-0.25, -0.2) is 0 Å². The van der Waals surface area contributed by atoms with Gasteiger partial charge in [-0.1, -0.05) is 20.8 Å². The minimum Gasteiger partial charge on any atom is -0.448 e. The van der Waals surface area contributed by atoms with Gasteiger partial charge in [0.1, 0.15) is 0 Å². The summed E-state index contributed by atoms with van der Waals surface area (Å²) in [4.78, 5) is 1.44. The van der Waals surface area contributed by atoms with Gasteiger partial charge in [0.2, 0.25) is 0 Å². The summed E-state index contributed by atoms with van der Waals surface area (Å²) in [7, 11) is 0. The molecule has 0 aromatic heterocycles. The molecule has 0 N–H and O–H groups in total. The van der Waals surface area contributed by atoms with Crippen molar-refractivity contribution in [3.05, 3.63) is 0 Å². The van der Waals surface area contributed by atoms with E-state index < -0.39 is 13.4 Å². The van der Waals surface area contributed by atoms with Gasteiger partial charge in [-0.3, -0.25) is 0 Å². The van der Waals surface area contributed by atoms with Crippen LogP contribution in [0.5, 0.6) is 0 Å². The minimum atomic E-state index is -4.66. The number of hydrogen-bond acceptors (Lipinski definition) is 1. The summed E-state index contributed by atoms with van der Waals surface area (Å²) in [5.41, 5.74) is 0. The van der Waals surface area contributed by atoms with Crippen molar-refractivity contribution in [3.63, 3.8) is 0 Å². The standard InChI is InChI=1S/C7H16BF3N/c1-4-12(5-7(2)3)6-8(9,10)11/h7H,4-6H2,1-3H3/q-1. The largest absolute Gasteiger partial charge is 0.492 e. The maximum atomic E-state index is 12.0. The molecule has 0 spiro atoms. The van der Waals surface area contributed by atoms with Crippen LogP contribution in [-0.2, 0) is 0 Å². The highest BCUT2D eigenvalue weighted by molar-refractivity contribution is 6.58. The molecule has 1 nitrogen and oxygen atoms in total. The summed E-state index contributed by atoms with van der Waals surface area (Å²) in [6.45, 7) is 1.94. The van der Waals surface area contributed by atoms with Crippen LogP contribution in [0.15, 0.2) is 0 Å². The van der Waals surface area contributed by atoms with Gasteiger partial charge in [0, 0.05) is 0 Å². The van der Waals surface area contributed by atoms with Crippen molar-refractivity contribution in [1.82, 2.24) is 4.90 Å². The number of hydrogen-bond donors (Lipinski definition) is 0. The van der Waals surface area contributed by atoms with Crippen LogP contribution in [0.25, 0.3) is 0 Å². The molecule has 0 aliphatic heterocycles. The third-order valence-electron chi connectivity index (χ3n) is 1.54. The van der Waals surface area contributed by atoms with Gasteiger partial charge in [0.15, 0.2) is 0 Å². The van der Waals surface area contributed by atoms with Crippen LogP contribution in [0.4, 0.5) is 12.9 Å². The van der Waals surface area contributed by atoms with Crippen LogP contribution in [0.1, 0.15) is 20.8 Å². The molecule has 0 unspecified atom stereocenters. The first-order valence-electron chi connectivity index (χ1n) is 4.28. The van der Waals surface area contributed by atoms with Crippen LogP contribution in [0.2, 0.25) is 0 Å². The lowest BCUT2D eigenvalue weighted by molar-refractivity contribution is 0.262. The molecule has 0 fully saturated rings. The number of rotatable bonds is 5. The van der Waals surface area contributed by atoms with Crippen LogP contribution in [0.3, 0.4) is 0 Å². The Bertz CT molecular complexity index is 124. The third-order valence-corrected chi connectivity index (χ3v) is 1.54. The molecule has 0 amide bonds. The summed E-state index contributed by atoms with van der Waals surface area (Å²) < 4.78 is 35.9. The second-order valence-electron chi connectivity index (χ2n) is 3.46. The smallest absolute Gasteiger partial charge is 0.448 e. The van der Waals surface area contributed by atoms with E-state index in [4.69, 9.17) is 0 Å². The van der Waals surface area contributed by atoms with Crippen LogP contribution < -0.4 is 0 Å². The molecule has 0 aliphatic carbocycles. The maximum absolute atomic E-state index is 12.0. The van der Waals surface area contributed by atoms with Crippen molar-refractivity contribution in [1.29, 1.82) is 0 Å². The SMILES string of the molecule is CCN(CC(C)C)C[B-](F)(F)F. The van der Waals surface area contributed by atoms with E-state index in [9.17, 15) is 12.9 Å². The van der Waals surface area contributed by atoms with Crippen molar-refractivity contribution in [2.45, 2.75) is 20.8 Å². The quantitative estimate of drug-likeness (QED) is 0.590. The van der Waals surface area contributed by atoms with Gasteiger partial charge >= 0.3 is 6.98 Å². The summed E-state index contributed by atoms with van der Waals surface area (Å²) in [5, 5.41) is 0. The first-order valence-corrected chi connectivity index (χ1v) is 4.28. The summed E-state index contributed by atoms with van der Waals surface area (Å²) >= 11 is 0. The molecule has 0 aromatic rings. The van der Waals surface area contributed by atoms with Crippen LogP contribution >= 0.6 is 0 Å². The Kier molecular flexibility index (Phi) is 4.67. The van der Waals surface area contributed by atoms with Gasteiger partial charge in [-0.2, -0.15) is 0 Å². The highest BCUT2D eigenvalue weighted by Crippen LogP contribution is 2.11. The zero-order valence-corrected chi connectivity index (χ0v) is 7.86. The van der Waals surface area contributed by atoms with Crippen molar-refractivity contribution in [3.8, 4) is 0 Å². The lowest BCUT2D eigenvalue weighted by Gasteiger charge is -2.27. The average molecular weight is 182 g/mol. The van der Waals surface area contributed by atoms with E-state index in [0.717, 1.165) is 0 Å². The van der Waals surface area contributed by atoms with Crippen molar-refractivity contribution in [2.24, 2.45) is 5.92 Å². The predicted molar refractivity (Wildman–Crippen MR) is 46.0 cm³/mol. The van der Waals surface area contributed by atoms with Crippen molar-refractivity contribution < 1.29 is 12.9 Å².